The molecule has 158 valence electrons. The van der Waals surface area contributed by atoms with Crippen LogP contribution in [-0.2, 0) is 24.8 Å². The lowest BCUT2D eigenvalue weighted by Crippen LogP contribution is -2.47. The number of nitrogens with two attached hydrogens (primary N) is 1. The van der Waals surface area contributed by atoms with Crippen molar-refractivity contribution in [2.75, 3.05) is 5.32 Å². The van der Waals surface area contributed by atoms with Gasteiger partial charge in [0.1, 0.15) is 16.8 Å². The zero-order valence-electron chi connectivity index (χ0n) is 16.0. The molecular weight excluding hydrogens is 421 g/mol. The maximum atomic E-state index is 13.9. The zero-order chi connectivity index (χ0) is 22.0. The summed E-state index contributed by atoms with van der Waals surface area (Å²) < 4.78 is 64.4. The molecule has 2 aromatic rings. The number of hydrogen-bond donors (Lipinski definition) is 3. The van der Waals surface area contributed by atoms with Gasteiger partial charge in [0, 0.05) is 5.69 Å². The third-order valence-electron chi connectivity index (χ3n) is 4.12. The molecule has 8 nitrogen and oxygen atoms in total. The van der Waals surface area contributed by atoms with Crippen molar-refractivity contribution in [2.45, 2.75) is 36.6 Å². The number of benzene rings is 2. The Morgan fingerprint density at radius 3 is 2.21 bits per heavy atom. The molecule has 0 bridgehead atoms. The SMILES string of the molecule is Cc1ccc(NC(=O)C(NS(=O)(=O)c2ccccc2F)C(C)C)cc1S(N)(=O)=O. The van der Waals surface area contributed by atoms with Gasteiger partial charge in [-0.05, 0) is 42.7 Å². The van der Waals surface area contributed by atoms with Gasteiger partial charge in [-0.25, -0.2) is 26.4 Å². The summed E-state index contributed by atoms with van der Waals surface area (Å²) in [7, 11) is -8.31. The second-order valence-corrected chi connectivity index (χ2v) is 10.0. The van der Waals surface area contributed by atoms with Gasteiger partial charge in [0.25, 0.3) is 0 Å². The predicted molar refractivity (Wildman–Crippen MR) is 107 cm³/mol. The fraction of sp³-hybridized carbons (Fsp3) is 0.278. The predicted octanol–water partition coefficient (Wildman–Crippen LogP) is 1.72. The second-order valence-electron chi connectivity index (χ2n) is 6.79. The Morgan fingerprint density at radius 2 is 1.66 bits per heavy atom. The number of sulfonamides is 2. The molecule has 1 amide bonds. The van der Waals surface area contributed by atoms with Crippen molar-refractivity contribution in [3.63, 3.8) is 0 Å². The van der Waals surface area contributed by atoms with Gasteiger partial charge in [-0.1, -0.05) is 32.0 Å². The van der Waals surface area contributed by atoms with E-state index in [9.17, 15) is 26.0 Å². The van der Waals surface area contributed by atoms with E-state index >= 15 is 0 Å². The largest absolute Gasteiger partial charge is 0.325 e. The molecule has 0 spiro atoms. The number of primary sulfonamides is 1. The summed E-state index contributed by atoms with van der Waals surface area (Å²) in [5.74, 6) is -2.16. The molecule has 29 heavy (non-hydrogen) atoms. The molecule has 0 aliphatic heterocycles. The monoisotopic (exact) mass is 443 g/mol. The maximum absolute atomic E-state index is 13.9. The van der Waals surface area contributed by atoms with Crippen LogP contribution in [-0.4, -0.2) is 28.8 Å². The Bertz CT molecular complexity index is 1130. The Hall–Kier alpha value is -2.34. The van der Waals surface area contributed by atoms with Crippen LogP contribution < -0.4 is 15.2 Å². The highest BCUT2D eigenvalue weighted by molar-refractivity contribution is 7.89. The van der Waals surface area contributed by atoms with E-state index in [2.05, 4.69) is 10.0 Å². The van der Waals surface area contributed by atoms with E-state index in [4.69, 9.17) is 5.14 Å². The summed E-state index contributed by atoms with van der Waals surface area (Å²) in [5, 5.41) is 7.63. The minimum absolute atomic E-state index is 0.125. The average Bonchev–Trinajstić information content (AvgIpc) is 2.60. The highest BCUT2D eigenvalue weighted by atomic mass is 32.2. The number of halogens is 1. The molecular formula is C18H22FN3O5S2. The van der Waals surface area contributed by atoms with Gasteiger partial charge < -0.3 is 5.32 Å². The first kappa shape index (κ1) is 22.9. The molecule has 0 fully saturated rings. The molecule has 2 rings (SSSR count). The van der Waals surface area contributed by atoms with Crippen molar-refractivity contribution in [3.05, 3.63) is 53.8 Å². The minimum atomic E-state index is -4.31. The van der Waals surface area contributed by atoms with Crippen LogP contribution in [0.3, 0.4) is 0 Å². The number of nitrogens with one attached hydrogen (secondary N) is 2. The van der Waals surface area contributed by atoms with Crippen LogP contribution >= 0.6 is 0 Å². The van der Waals surface area contributed by atoms with Gasteiger partial charge in [0.2, 0.25) is 26.0 Å². The standard InChI is InChI=1S/C18H22FN3O5S2/c1-11(2)17(22-29(26,27)15-7-5-4-6-14(15)19)18(23)21-13-9-8-12(3)16(10-13)28(20,24)25/h4-11,17,22H,1-3H3,(H,21,23)(H2,20,24,25). The molecule has 2 aromatic carbocycles. The Labute approximate surface area is 169 Å². The smallest absolute Gasteiger partial charge is 0.244 e. The number of carbonyl (C=O) groups is 1. The first-order valence-electron chi connectivity index (χ1n) is 8.54. The third kappa shape index (κ3) is 5.60. The topological polar surface area (TPSA) is 135 Å². The van der Waals surface area contributed by atoms with Gasteiger partial charge in [0.15, 0.2) is 0 Å². The average molecular weight is 444 g/mol. The van der Waals surface area contributed by atoms with E-state index in [-0.39, 0.29) is 10.6 Å². The molecule has 0 aromatic heterocycles. The van der Waals surface area contributed by atoms with Crippen LogP contribution in [0, 0.1) is 18.7 Å². The van der Waals surface area contributed by atoms with Crippen LogP contribution in [0.1, 0.15) is 19.4 Å². The van der Waals surface area contributed by atoms with Gasteiger partial charge in [-0.2, -0.15) is 4.72 Å². The van der Waals surface area contributed by atoms with E-state index in [1.54, 1.807) is 20.8 Å². The third-order valence-corrected chi connectivity index (χ3v) is 6.65. The van der Waals surface area contributed by atoms with E-state index in [0.29, 0.717) is 5.56 Å². The van der Waals surface area contributed by atoms with Crippen molar-refractivity contribution < 1.29 is 26.0 Å². The van der Waals surface area contributed by atoms with Crippen LogP contribution in [0.25, 0.3) is 0 Å². The van der Waals surface area contributed by atoms with E-state index < -0.39 is 48.6 Å². The van der Waals surface area contributed by atoms with Crippen LogP contribution in [0.15, 0.2) is 52.3 Å². The number of aryl methyl sites for hydroxylation is 1. The highest BCUT2D eigenvalue weighted by Gasteiger charge is 2.30. The lowest BCUT2D eigenvalue weighted by molar-refractivity contribution is -0.118. The van der Waals surface area contributed by atoms with Crippen molar-refractivity contribution >= 4 is 31.6 Å². The normalized spacial score (nSPS) is 13.3. The fourth-order valence-corrected chi connectivity index (χ4v) is 4.82. The summed E-state index contributed by atoms with van der Waals surface area (Å²) in [6.45, 7) is 4.77. The number of hydrogen-bond acceptors (Lipinski definition) is 5. The van der Waals surface area contributed by atoms with E-state index in [0.717, 1.165) is 12.1 Å². The molecule has 0 saturated carbocycles. The summed E-state index contributed by atoms with van der Waals surface area (Å²) in [6, 6.07) is 7.67. The first-order chi connectivity index (χ1) is 13.3. The highest BCUT2D eigenvalue weighted by Crippen LogP contribution is 2.20. The lowest BCUT2D eigenvalue weighted by Gasteiger charge is -2.22. The summed E-state index contributed by atoms with van der Waals surface area (Å²) >= 11 is 0. The number of anilines is 1. The molecule has 1 atom stereocenters. The molecule has 0 heterocycles. The van der Waals surface area contributed by atoms with Gasteiger partial charge in [-0.3, -0.25) is 4.79 Å². The van der Waals surface area contributed by atoms with Crippen molar-refractivity contribution in [1.82, 2.24) is 4.72 Å². The van der Waals surface area contributed by atoms with Crippen molar-refractivity contribution in [1.29, 1.82) is 0 Å². The molecule has 0 aliphatic rings. The first-order valence-corrected chi connectivity index (χ1v) is 11.6. The molecule has 1 unspecified atom stereocenters. The number of carbonyl (C=O) groups excluding carboxylic acids is 1. The zero-order valence-corrected chi connectivity index (χ0v) is 17.6. The maximum Gasteiger partial charge on any atom is 0.244 e. The second kappa shape index (κ2) is 8.57. The van der Waals surface area contributed by atoms with E-state index in [1.165, 1.54) is 30.3 Å². The molecule has 0 aliphatic carbocycles. The molecule has 0 radical (unpaired) electrons. The van der Waals surface area contributed by atoms with Crippen molar-refractivity contribution in [2.24, 2.45) is 11.1 Å². The number of amides is 1. The van der Waals surface area contributed by atoms with Gasteiger partial charge in [-0.15, -0.1) is 0 Å². The number of rotatable bonds is 7. The molecule has 0 saturated heterocycles. The summed E-state index contributed by atoms with van der Waals surface area (Å²) in [4.78, 5) is 11.9. The Morgan fingerprint density at radius 1 is 1.03 bits per heavy atom. The summed E-state index contributed by atoms with van der Waals surface area (Å²) in [5.41, 5.74) is 0.520. The van der Waals surface area contributed by atoms with Crippen LogP contribution in [0.2, 0.25) is 0 Å². The van der Waals surface area contributed by atoms with E-state index in [1.807, 2.05) is 0 Å². The Kier molecular flexibility index (Phi) is 6.78. The van der Waals surface area contributed by atoms with Crippen LogP contribution in [0.4, 0.5) is 10.1 Å². The summed E-state index contributed by atoms with van der Waals surface area (Å²) in [6.07, 6.45) is 0. The lowest BCUT2D eigenvalue weighted by atomic mass is 10.0. The fourth-order valence-electron chi connectivity index (χ4n) is 2.59. The Balaban J connectivity index is 2.31. The van der Waals surface area contributed by atoms with Crippen LogP contribution in [0.5, 0.6) is 0 Å². The van der Waals surface area contributed by atoms with Crippen molar-refractivity contribution in [3.8, 4) is 0 Å². The minimum Gasteiger partial charge on any atom is -0.325 e. The molecule has 4 N–H and O–H groups in total. The molecule has 11 heteroatoms. The quantitative estimate of drug-likeness (QED) is 0.599. The van der Waals surface area contributed by atoms with Gasteiger partial charge >= 0.3 is 0 Å². The van der Waals surface area contributed by atoms with Gasteiger partial charge in [0.05, 0.1) is 4.90 Å².